The fourth-order valence-electron chi connectivity index (χ4n) is 5.00. The van der Waals surface area contributed by atoms with E-state index < -0.39 is 0 Å². The summed E-state index contributed by atoms with van der Waals surface area (Å²) < 4.78 is 0. The van der Waals surface area contributed by atoms with Crippen molar-refractivity contribution in [2.45, 2.75) is 64.5 Å². The lowest BCUT2D eigenvalue weighted by atomic mass is 9.69. The van der Waals surface area contributed by atoms with Crippen molar-refractivity contribution in [1.29, 1.82) is 0 Å². The summed E-state index contributed by atoms with van der Waals surface area (Å²) in [5, 5.41) is 0. The Hall–Kier alpha value is -0.0400. The van der Waals surface area contributed by atoms with E-state index in [0.29, 0.717) is 0 Å². The molecule has 0 spiro atoms. The van der Waals surface area contributed by atoms with E-state index in [0.717, 1.165) is 35.8 Å². The van der Waals surface area contributed by atoms with E-state index in [1.807, 2.05) is 0 Å². The Morgan fingerprint density at radius 1 is 0.750 bits per heavy atom. The number of hydrogen-bond donors (Lipinski definition) is 0. The molecule has 0 radical (unpaired) electrons. The number of likely N-dealkylation sites (tertiary alicyclic amines) is 1. The summed E-state index contributed by atoms with van der Waals surface area (Å²) in [6, 6.07) is 1.88. The van der Waals surface area contributed by atoms with Gasteiger partial charge in [-0.25, -0.2) is 0 Å². The van der Waals surface area contributed by atoms with Gasteiger partial charge < -0.3 is 0 Å². The molecule has 0 aromatic carbocycles. The smallest absolute Gasteiger partial charge is 0.0127 e. The second kappa shape index (κ2) is 4.01. The summed E-state index contributed by atoms with van der Waals surface area (Å²) in [4.78, 5) is 2.77. The van der Waals surface area contributed by atoms with Crippen LogP contribution in [0.3, 0.4) is 0 Å². The molecule has 1 saturated heterocycles. The number of rotatable bonds is 0. The van der Waals surface area contributed by atoms with Crippen molar-refractivity contribution < 1.29 is 0 Å². The molecular formula is C15H27N. The first kappa shape index (κ1) is 11.1. The van der Waals surface area contributed by atoms with Gasteiger partial charge in [0.25, 0.3) is 0 Å². The van der Waals surface area contributed by atoms with E-state index in [1.165, 1.54) is 38.5 Å². The first-order valence-corrected chi connectivity index (χ1v) is 7.38. The van der Waals surface area contributed by atoms with Crippen LogP contribution >= 0.6 is 0 Å². The molecule has 3 aliphatic rings. The van der Waals surface area contributed by atoms with Gasteiger partial charge in [-0.05, 0) is 69.2 Å². The Balaban J connectivity index is 1.81. The van der Waals surface area contributed by atoms with E-state index >= 15 is 0 Å². The molecule has 0 aromatic heterocycles. The summed E-state index contributed by atoms with van der Waals surface area (Å²) in [5.41, 5.74) is 0. The molecule has 0 amide bonds. The maximum Gasteiger partial charge on any atom is 0.0127 e. The maximum absolute atomic E-state index is 2.77. The molecule has 16 heavy (non-hydrogen) atoms. The number of fused-ring (bicyclic) bond motifs is 3. The van der Waals surface area contributed by atoms with Crippen LogP contribution in [0, 0.1) is 23.7 Å². The van der Waals surface area contributed by atoms with Gasteiger partial charge in [0.1, 0.15) is 0 Å². The summed E-state index contributed by atoms with van der Waals surface area (Å²) >= 11 is 0. The van der Waals surface area contributed by atoms with Gasteiger partial charge in [-0.1, -0.05) is 13.8 Å². The van der Waals surface area contributed by atoms with Crippen molar-refractivity contribution in [3.05, 3.63) is 0 Å². The Kier molecular flexibility index (Phi) is 2.78. The minimum atomic E-state index is 0.941. The van der Waals surface area contributed by atoms with Crippen LogP contribution in [-0.4, -0.2) is 24.0 Å². The van der Waals surface area contributed by atoms with Crippen LogP contribution in [0.4, 0.5) is 0 Å². The van der Waals surface area contributed by atoms with E-state index in [4.69, 9.17) is 0 Å². The highest BCUT2D eigenvalue weighted by atomic mass is 15.2. The fourth-order valence-corrected chi connectivity index (χ4v) is 5.00. The summed E-state index contributed by atoms with van der Waals surface area (Å²) in [7, 11) is 2.41. The second-order valence-electron chi connectivity index (χ2n) is 6.96. The topological polar surface area (TPSA) is 3.24 Å². The lowest BCUT2D eigenvalue weighted by Gasteiger charge is -2.35. The summed E-state index contributed by atoms with van der Waals surface area (Å²) in [6.45, 7) is 4.94. The van der Waals surface area contributed by atoms with Crippen LogP contribution in [0.2, 0.25) is 0 Å². The van der Waals surface area contributed by atoms with Gasteiger partial charge in [-0.3, -0.25) is 4.90 Å². The molecule has 2 saturated carbocycles. The fraction of sp³-hybridized carbons (Fsp3) is 1.00. The first-order chi connectivity index (χ1) is 7.66. The van der Waals surface area contributed by atoms with E-state index in [1.54, 1.807) is 0 Å². The predicted molar refractivity (Wildman–Crippen MR) is 68.3 cm³/mol. The molecule has 1 heterocycles. The molecule has 0 aromatic rings. The van der Waals surface area contributed by atoms with Crippen LogP contribution in [0.15, 0.2) is 0 Å². The minimum absolute atomic E-state index is 0.941. The zero-order valence-electron chi connectivity index (χ0n) is 11.2. The second-order valence-corrected chi connectivity index (χ2v) is 6.96. The molecule has 6 atom stereocenters. The molecule has 0 N–H and O–H groups in total. The van der Waals surface area contributed by atoms with Crippen molar-refractivity contribution in [3.8, 4) is 0 Å². The first-order valence-electron chi connectivity index (χ1n) is 7.38. The van der Waals surface area contributed by atoms with Crippen molar-refractivity contribution >= 4 is 0 Å². The SMILES string of the molecule is CC1CCC2C(C1)C1CC(C)CCC1N2C. The van der Waals surface area contributed by atoms with Gasteiger partial charge in [0, 0.05) is 12.1 Å². The Morgan fingerprint density at radius 3 is 1.62 bits per heavy atom. The Morgan fingerprint density at radius 2 is 1.19 bits per heavy atom. The monoisotopic (exact) mass is 221 g/mol. The van der Waals surface area contributed by atoms with E-state index in [9.17, 15) is 0 Å². The third-order valence-corrected chi connectivity index (χ3v) is 5.84. The van der Waals surface area contributed by atoms with Gasteiger partial charge in [0.05, 0.1) is 0 Å². The number of hydrogen-bond acceptors (Lipinski definition) is 1. The number of nitrogens with zero attached hydrogens (tertiary/aromatic N) is 1. The standard InChI is InChI=1S/C15H27N/c1-10-4-6-14-12(8-10)13-9-11(2)5-7-15(13)16(14)3/h10-15H,4-9H2,1-3H3. The molecule has 6 unspecified atom stereocenters. The lowest BCUT2D eigenvalue weighted by Crippen LogP contribution is -2.37. The molecule has 3 fully saturated rings. The minimum Gasteiger partial charge on any atom is -0.300 e. The van der Waals surface area contributed by atoms with E-state index in [-0.39, 0.29) is 0 Å². The van der Waals surface area contributed by atoms with Gasteiger partial charge in [0.2, 0.25) is 0 Å². The largest absolute Gasteiger partial charge is 0.300 e. The quantitative estimate of drug-likeness (QED) is 0.605. The van der Waals surface area contributed by atoms with Crippen LogP contribution < -0.4 is 0 Å². The average molecular weight is 221 g/mol. The van der Waals surface area contributed by atoms with Crippen LogP contribution in [0.5, 0.6) is 0 Å². The molecule has 2 aliphatic carbocycles. The van der Waals surface area contributed by atoms with E-state index in [2.05, 4.69) is 25.8 Å². The van der Waals surface area contributed by atoms with Gasteiger partial charge >= 0.3 is 0 Å². The molecule has 1 heteroatoms. The van der Waals surface area contributed by atoms with Crippen molar-refractivity contribution in [1.82, 2.24) is 4.90 Å². The Labute approximate surface area is 101 Å². The average Bonchev–Trinajstić information content (AvgIpc) is 2.52. The highest BCUT2D eigenvalue weighted by molar-refractivity contribution is 5.02. The lowest BCUT2D eigenvalue weighted by molar-refractivity contribution is 0.157. The predicted octanol–water partition coefficient (Wildman–Crippen LogP) is 3.54. The highest BCUT2D eigenvalue weighted by Gasteiger charge is 2.49. The summed E-state index contributed by atoms with van der Waals surface area (Å²) in [6.07, 6.45) is 8.93. The summed E-state index contributed by atoms with van der Waals surface area (Å²) in [5.74, 6) is 4.07. The van der Waals surface area contributed by atoms with Gasteiger partial charge in [0.15, 0.2) is 0 Å². The Bertz CT molecular complexity index is 236. The van der Waals surface area contributed by atoms with Crippen molar-refractivity contribution in [3.63, 3.8) is 0 Å². The van der Waals surface area contributed by atoms with Crippen molar-refractivity contribution in [2.24, 2.45) is 23.7 Å². The zero-order valence-corrected chi connectivity index (χ0v) is 11.2. The normalized spacial score (nSPS) is 53.4. The van der Waals surface area contributed by atoms with Gasteiger partial charge in [-0.2, -0.15) is 0 Å². The molecule has 1 nitrogen and oxygen atoms in total. The molecule has 0 bridgehead atoms. The third kappa shape index (κ3) is 1.63. The van der Waals surface area contributed by atoms with Crippen molar-refractivity contribution in [2.75, 3.05) is 7.05 Å². The molecule has 1 aliphatic heterocycles. The zero-order chi connectivity index (χ0) is 11.3. The third-order valence-electron chi connectivity index (χ3n) is 5.84. The maximum atomic E-state index is 2.77. The molecule has 3 rings (SSSR count). The van der Waals surface area contributed by atoms with Gasteiger partial charge in [-0.15, -0.1) is 0 Å². The molecular weight excluding hydrogens is 194 g/mol. The van der Waals surface area contributed by atoms with Crippen LogP contribution in [0.1, 0.15) is 52.4 Å². The molecule has 92 valence electrons. The highest BCUT2D eigenvalue weighted by Crippen LogP contribution is 2.50. The van der Waals surface area contributed by atoms with Crippen LogP contribution in [0.25, 0.3) is 0 Å². The van der Waals surface area contributed by atoms with Crippen LogP contribution in [-0.2, 0) is 0 Å².